The normalized spacial score (nSPS) is 14.8. The maximum atomic E-state index is 13.4. The first-order valence-electron chi connectivity index (χ1n) is 13.1. The Morgan fingerprint density at radius 1 is 0.868 bits per heavy atom. The van der Waals surface area contributed by atoms with Gasteiger partial charge in [0, 0.05) is 54.9 Å². The van der Waals surface area contributed by atoms with Crippen LogP contribution in [0.15, 0.2) is 90.3 Å². The van der Waals surface area contributed by atoms with Gasteiger partial charge in [0.25, 0.3) is 5.91 Å². The number of carbonyl (C=O) groups excluding carboxylic acids is 1. The van der Waals surface area contributed by atoms with Gasteiger partial charge in [0.1, 0.15) is 23.0 Å². The van der Waals surface area contributed by atoms with E-state index in [9.17, 15) is 4.79 Å². The van der Waals surface area contributed by atoms with Crippen LogP contribution in [0.3, 0.4) is 0 Å². The second-order valence-electron chi connectivity index (χ2n) is 9.58. The van der Waals surface area contributed by atoms with Crippen molar-refractivity contribution >= 4 is 23.1 Å². The molecule has 0 unspecified atom stereocenters. The second-order valence-corrected chi connectivity index (χ2v) is 9.58. The topological polar surface area (TPSA) is 79.7 Å². The van der Waals surface area contributed by atoms with Crippen molar-refractivity contribution in [1.29, 1.82) is 0 Å². The zero-order chi connectivity index (χ0) is 25.7. The summed E-state index contributed by atoms with van der Waals surface area (Å²) in [5, 5.41) is 3.06. The van der Waals surface area contributed by atoms with E-state index in [4.69, 9.17) is 4.74 Å². The molecule has 1 saturated heterocycles. The highest BCUT2D eigenvalue weighted by molar-refractivity contribution is 6.49. The number of rotatable bonds is 6. The molecule has 7 nitrogen and oxygen atoms in total. The van der Waals surface area contributed by atoms with Crippen molar-refractivity contribution in [2.45, 2.75) is 25.7 Å². The maximum Gasteiger partial charge on any atom is 0.274 e. The Kier molecular flexibility index (Phi) is 6.81. The minimum atomic E-state index is -0.210. The van der Waals surface area contributed by atoms with Crippen molar-refractivity contribution < 1.29 is 9.53 Å². The number of hydrogen-bond acceptors (Lipinski definition) is 6. The van der Waals surface area contributed by atoms with Crippen molar-refractivity contribution in [3.05, 3.63) is 96.4 Å². The Morgan fingerprint density at radius 2 is 1.74 bits per heavy atom. The standard InChI is InChI=1S/C31H29N5O2/c37-31(35-25-12-14-33-29(19-25)36-15-5-2-6-16-36)30-28-18-23(10-9-22(28)11-13-34-30)24-17-27(21-32-20-24)38-26-7-3-1-4-8-26/h1,3-4,7-10,12,14,17-21H,2,5-6,11,13,15-16H2,(H,33,35,37). The van der Waals surface area contributed by atoms with E-state index in [1.165, 1.54) is 19.3 Å². The van der Waals surface area contributed by atoms with Gasteiger partial charge in [0.2, 0.25) is 0 Å². The number of nitrogens with one attached hydrogen (secondary N) is 1. The fourth-order valence-electron chi connectivity index (χ4n) is 5.00. The molecular weight excluding hydrogens is 474 g/mol. The average Bonchev–Trinajstić information content (AvgIpc) is 2.98. The number of piperidine rings is 1. The number of anilines is 2. The Hall–Kier alpha value is -4.52. The van der Waals surface area contributed by atoms with E-state index in [0.29, 0.717) is 18.0 Å². The maximum absolute atomic E-state index is 13.4. The summed E-state index contributed by atoms with van der Waals surface area (Å²) in [5.41, 5.74) is 5.01. The van der Waals surface area contributed by atoms with Crippen LogP contribution in [-0.4, -0.2) is 41.2 Å². The molecule has 2 aliphatic rings. The van der Waals surface area contributed by atoms with Crippen molar-refractivity contribution in [3.8, 4) is 22.6 Å². The summed E-state index contributed by atoms with van der Waals surface area (Å²) >= 11 is 0. The first-order valence-corrected chi connectivity index (χ1v) is 13.1. The number of benzene rings is 2. The number of nitrogens with zero attached hydrogens (tertiary/aromatic N) is 4. The third-order valence-corrected chi connectivity index (χ3v) is 6.94. The molecule has 0 atom stereocenters. The highest BCUT2D eigenvalue weighted by atomic mass is 16.5. The molecule has 190 valence electrons. The van der Waals surface area contributed by atoms with Crippen LogP contribution in [0.25, 0.3) is 11.1 Å². The Labute approximate surface area is 222 Å². The highest BCUT2D eigenvalue weighted by Crippen LogP contribution is 2.29. The second kappa shape index (κ2) is 10.8. The number of fused-ring (bicyclic) bond motifs is 1. The van der Waals surface area contributed by atoms with Gasteiger partial charge in [0.05, 0.1) is 6.20 Å². The predicted molar refractivity (Wildman–Crippen MR) is 150 cm³/mol. The molecule has 4 aromatic rings. The molecule has 1 amide bonds. The third kappa shape index (κ3) is 5.27. The van der Waals surface area contributed by atoms with E-state index in [-0.39, 0.29) is 5.91 Å². The van der Waals surface area contributed by atoms with Crippen LogP contribution in [0.5, 0.6) is 11.5 Å². The monoisotopic (exact) mass is 503 g/mol. The molecule has 0 spiro atoms. The van der Waals surface area contributed by atoms with Gasteiger partial charge in [0.15, 0.2) is 0 Å². The Balaban J connectivity index is 1.23. The lowest BCUT2D eigenvalue weighted by Gasteiger charge is -2.28. The van der Waals surface area contributed by atoms with Gasteiger partial charge in [-0.3, -0.25) is 14.8 Å². The summed E-state index contributed by atoms with van der Waals surface area (Å²) in [7, 11) is 0. The van der Waals surface area contributed by atoms with E-state index >= 15 is 0 Å². The van der Waals surface area contributed by atoms with E-state index < -0.39 is 0 Å². The SMILES string of the molecule is O=C(Nc1ccnc(N2CCCCC2)c1)C1=NCCc2ccc(-c3cncc(Oc4ccccc4)c3)cc21. The van der Waals surface area contributed by atoms with Gasteiger partial charge in [-0.05, 0) is 67.1 Å². The first-order chi connectivity index (χ1) is 18.7. The molecular formula is C31H29N5O2. The van der Waals surface area contributed by atoms with Gasteiger partial charge in [-0.15, -0.1) is 0 Å². The molecule has 1 fully saturated rings. The first kappa shape index (κ1) is 23.9. The molecule has 6 rings (SSSR count). The Bertz CT molecular complexity index is 1480. The van der Waals surface area contributed by atoms with Crippen molar-refractivity contribution in [2.24, 2.45) is 4.99 Å². The summed E-state index contributed by atoms with van der Waals surface area (Å²) in [6.07, 6.45) is 9.66. The van der Waals surface area contributed by atoms with Crippen LogP contribution >= 0.6 is 0 Å². The van der Waals surface area contributed by atoms with Crippen molar-refractivity contribution in [3.63, 3.8) is 0 Å². The van der Waals surface area contributed by atoms with E-state index in [1.807, 2.05) is 54.6 Å². The highest BCUT2D eigenvalue weighted by Gasteiger charge is 2.22. The number of para-hydroxylation sites is 1. The third-order valence-electron chi connectivity index (χ3n) is 6.94. The number of aliphatic imine (C=N–C) groups is 1. The lowest BCUT2D eigenvalue weighted by Crippen LogP contribution is -2.30. The number of pyridine rings is 2. The van der Waals surface area contributed by atoms with Gasteiger partial charge in [-0.1, -0.05) is 30.3 Å². The van der Waals surface area contributed by atoms with Gasteiger partial charge in [-0.25, -0.2) is 4.98 Å². The van der Waals surface area contributed by atoms with Crippen LogP contribution in [-0.2, 0) is 11.2 Å². The quantitative estimate of drug-likeness (QED) is 0.354. The Morgan fingerprint density at radius 3 is 2.61 bits per heavy atom. The molecule has 7 heteroatoms. The molecule has 2 aromatic heterocycles. The largest absolute Gasteiger partial charge is 0.456 e. The fourth-order valence-corrected chi connectivity index (χ4v) is 5.00. The molecule has 4 heterocycles. The molecule has 38 heavy (non-hydrogen) atoms. The molecule has 2 aliphatic heterocycles. The molecule has 0 radical (unpaired) electrons. The molecule has 0 aliphatic carbocycles. The van der Waals surface area contributed by atoms with E-state index in [0.717, 1.165) is 59.0 Å². The van der Waals surface area contributed by atoms with Crippen LogP contribution in [0.1, 0.15) is 30.4 Å². The summed E-state index contributed by atoms with van der Waals surface area (Å²) in [6, 6.07) is 21.6. The zero-order valence-corrected chi connectivity index (χ0v) is 21.1. The molecule has 0 saturated carbocycles. The van der Waals surface area contributed by atoms with Gasteiger partial charge >= 0.3 is 0 Å². The predicted octanol–water partition coefficient (Wildman–Crippen LogP) is 5.91. The van der Waals surface area contributed by atoms with E-state index in [2.05, 4.69) is 37.3 Å². The lowest BCUT2D eigenvalue weighted by molar-refractivity contribution is -0.110. The number of amides is 1. The summed E-state index contributed by atoms with van der Waals surface area (Å²) < 4.78 is 5.97. The van der Waals surface area contributed by atoms with Crippen LogP contribution in [0.4, 0.5) is 11.5 Å². The average molecular weight is 504 g/mol. The van der Waals surface area contributed by atoms with Crippen LogP contribution < -0.4 is 15.0 Å². The van der Waals surface area contributed by atoms with Gasteiger partial charge < -0.3 is 15.0 Å². The molecule has 2 aromatic carbocycles. The van der Waals surface area contributed by atoms with E-state index in [1.54, 1.807) is 18.6 Å². The van der Waals surface area contributed by atoms with Crippen molar-refractivity contribution in [1.82, 2.24) is 9.97 Å². The summed E-state index contributed by atoms with van der Waals surface area (Å²) in [6.45, 7) is 2.59. The number of aromatic nitrogens is 2. The smallest absolute Gasteiger partial charge is 0.274 e. The molecule has 1 N–H and O–H groups in total. The van der Waals surface area contributed by atoms with Crippen LogP contribution in [0, 0.1) is 0 Å². The lowest BCUT2D eigenvalue weighted by atomic mass is 9.93. The minimum absolute atomic E-state index is 0.210. The van der Waals surface area contributed by atoms with Gasteiger partial charge in [-0.2, -0.15) is 0 Å². The summed E-state index contributed by atoms with van der Waals surface area (Å²) in [4.78, 5) is 29.2. The summed E-state index contributed by atoms with van der Waals surface area (Å²) in [5.74, 6) is 2.10. The number of ether oxygens (including phenoxy) is 1. The minimum Gasteiger partial charge on any atom is -0.456 e. The molecule has 0 bridgehead atoms. The van der Waals surface area contributed by atoms with Crippen LogP contribution in [0.2, 0.25) is 0 Å². The van der Waals surface area contributed by atoms with Crippen molar-refractivity contribution in [2.75, 3.05) is 29.9 Å². The number of hydrogen-bond donors (Lipinski definition) is 1. The zero-order valence-electron chi connectivity index (χ0n) is 21.1. The number of carbonyl (C=O) groups is 1. The fraction of sp³-hybridized carbons (Fsp3) is 0.226.